The van der Waals surface area contributed by atoms with E-state index in [1.807, 2.05) is 26.0 Å². The second-order valence-electron chi connectivity index (χ2n) is 8.12. The molecule has 3 heterocycles. The Balaban J connectivity index is 1.62. The van der Waals surface area contributed by atoms with Gasteiger partial charge in [0.05, 0.1) is 17.2 Å². The maximum Gasteiger partial charge on any atom is 0.252 e. The second kappa shape index (κ2) is 8.71. The minimum absolute atomic E-state index is 0.0501. The number of pyridine rings is 2. The standard InChI is InChI=1S/C24H21N5O3S2/c1-15-8-9-18-11-19(24(30)26-22(18)16(15)2)14-29(13-17-5-4-10-25-12-17)34(31,32)21-7-3-6-20-23(21)28-33-27-20/h3-12H,13-14H2,1-2H3,(H,26,30). The van der Waals surface area contributed by atoms with Crippen LogP contribution in [0, 0.1) is 13.8 Å². The van der Waals surface area contributed by atoms with E-state index in [9.17, 15) is 13.2 Å². The highest BCUT2D eigenvalue weighted by atomic mass is 32.2. The molecule has 3 aromatic heterocycles. The number of sulfonamides is 1. The van der Waals surface area contributed by atoms with Crippen LogP contribution in [0.15, 0.2) is 70.6 Å². The molecule has 0 radical (unpaired) electrons. The van der Waals surface area contributed by atoms with Crippen molar-refractivity contribution >= 4 is 43.7 Å². The van der Waals surface area contributed by atoms with Crippen molar-refractivity contribution in [3.63, 3.8) is 0 Å². The van der Waals surface area contributed by atoms with Gasteiger partial charge in [0.25, 0.3) is 5.56 Å². The van der Waals surface area contributed by atoms with Gasteiger partial charge in [-0.3, -0.25) is 9.78 Å². The molecule has 0 bridgehead atoms. The Morgan fingerprint density at radius 1 is 1.03 bits per heavy atom. The Labute approximate surface area is 200 Å². The lowest BCUT2D eigenvalue weighted by Gasteiger charge is -2.22. The molecule has 0 aliphatic carbocycles. The number of aryl methyl sites for hydroxylation is 2. The molecule has 2 aromatic carbocycles. The summed E-state index contributed by atoms with van der Waals surface area (Å²) in [7, 11) is -4.02. The SMILES string of the molecule is Cc1ccc2cc(CN(Cc3cccnc3)S(=O)(=O)c3cccc4nsnc34)c(=O)[nH]c2c1C. The number of benzene rings is 2. The van der Waals surface area contributed by atoms with Gasteiger partial charge in [-0.15, -0.1) is 0 Å². The van der Waals surface area contributed by atoms with E-state index < -0.39 is 10.0 Å². The Morgan fingerprint density at radius 3 is 2.68 bits per heavy atom. The molecule has 0 saturated heterocycles. The van der Waals surface area contributed by atoms with E-state index in [1.165, 1.54) is 10.4 Å². The van der Waals surface area contributed by atoms with Crippen LogP contribution in [0.5, 0.6) is 0 Å². The molecule has 0 aliphatic rings. The zero-order valence-corrected chi connectivity index (χ0v) is 20.2. The number of nitrogens with one attached hydrogen (secondary N) is 1. The number of rotatable bonds is 6. The van der Waals surface area contributed by atoms with Crippen LogP contribution in [0.4, 0.5) is 0 Å². The number of hydrogen-bond donors (Lipinski definition) is 1. The lowest BCUT2D eigenvalue weighted by atomic mass is 10.0. The summed E-state index contributed by atoms with van der Waals surface area (Å²) < 4.78 is 37.4. The largest absolute Gasteiger partial charge is 0.321 e. The van der Waals surface area contributed by atoms with E-state index >= 15 is 0 Å². The average molecular weight is 492 g/mol. The first-order valence-corrected chi connectivity index (χ1v) is 12.7. The van der Waals surface area contributed by atoms with Crippen LogP contribution in [0.1, 0.15) is 22.3 Å². The monoisotopic (exact) mass is 491 g/mol. The molecule has 0 atom stereocenters. The fraction of sp³-hybridized carbons (Fsp3) is 0.167. The predicted molar refractivity (Wildman–Crippen MR) is 132 cm³/mol. The third kappa shape index (κ3) is 4.00. The van der Waals surface area contributed by atoms with Crippen molar-refractivity contribution in [1.29, 1.82) is 0 Å². The van der Waals surface area contributed by atoms with Crippen molar-refractivity contribution in [2.24, 2.45) is 0 Å². The van der Waals surface area contributed by atoms with Crippen LogP contribution < -0.4 is 5.56 Å². The first-order chi connectivity index (χ1) is 16.3. The van der Waals surface area contributed by atoms with Crippen molar-refractivity contribution in [2.75, 3.05) is 0 Å². The summed E-state index contributed by atoms with van der Waals surface area (Å²) >= 11 is 0.961. The third-order valence-electron chi connectivity index (χ3n) is 5.92. The quantitative estimate of drug-likeness (QED) is 0.385. The molecule has 0 spiro atoms. The smallest absolute Gasteiger partial charge is 0.252 e. The summed E-state index contributed by atoms with van der Waals surface area (Å²) in [5.74, 6) is 0. The fourth-order valence-electron chi connectivity index (χ4n) is 3.93. The van der Waals surface area contributed by atoms with E-state index in [0.29, 0.717) is 22.2 Å². The molecule has 0 saturated carbocycles. The van der Waals surface area contributed by atoms with E-state index in [1.54, 1.807) is 42.7 Å². The van der Waals surface area contributed by atoms with Gasteiger partial charge in [-0.05, 0) is 60.2 Å². The molecule has 0 unspecified atom stereocenters. The number of aromatic nitrogens is 4. The molecule has 0 fully saturated rings. The van der Waals surface area contributed by atoms with Gasteiger partial charge in [0.1, 0.15) is 15.9 Å². The third-order valence-corrected chi connectivity index (χ3v) is 8.29. The molecule has 8 nitrogen and oxygen atoms in total. The topological polar surface area (TPSA) is 109 Å². The highest BCUT2D eigenvalue weighted by Gasteiger charge is 2.29. The number of H-pyrrole nitrogens is 1. The first kappa shape index (κ1) is 22.3. The summed E-state index contributed by atoms with van der Waals surface area (Å²) in [4.78, 5) is 20.1. The van der Waals surface area contributed by atoms with Crippen molar-refractivity contribution in [3.05, 3.63) is 93.5 Å². The van der Waals surface area contributed by atoms with Crippen LogP contribution in [0.25, 0.3) is 21.9 Å². The van der Waals surface area contributed by atoms with E-state index in [2.05, 4.69) is 18.7 Å². The first-order valence-electron chi connectivity index (χ1n) is 10.6. The van der Waals surface area contributed by atoms with Crippen molar-refractivity contribution in [3.8, 4) is 0 Å². The maximum absolute atomic E-state index is 13.9. The highest BCUT2D eigenvalue weighted by Crippen LogP contribution is 2.27. The Morgan fingerprint density at radius 2 is 1.88 bits per heavy atom. The average Bonchev–Trinajstić information content (AvgIpc) is 3.32. The summed E-state index contributed by atoms with van der Waals surface area (Å²) in [6.07, 6.45) is 3.24. The van der Waals surface area contributed by atoms with E-state index in [-0.39, 0.29) is 23.5 Å². The summed E-state index contributed by atoms with van der Waals surface area (Å²) in [5.41, 5.74) is 4.40. The molecule has 0 aliphatic heterocycles. The second-order valence-corrected chi connectivity index (χ2v) is 10.6. The molecular weight excluding hydrogens is 470 g/mol. The van der Waals surface area contributed by atoms with Crippen molar-refractivity contribution in [2.45, 2.75) is 31.8 Å². The molecule has 34 heavy (non-hydrogen) atoms. The molecule has 10 heteroatoms. The fourth-order valence-corrected chi connectivity index (χ4v) is 6.09. The Kier molecular flexibility index (Phi) is 5.72. The van der Waals surface area contributed by atoms with Crippen LogP contribution >= 0.6 is 11.7 Å². The Hall–Kier alpha value is -3.47. The van der Waals surface area contributed by atoms with Crippen LogP contribution in [0.2, 0.25) is 0 Å². The minimum atomic E-state index is -4.02. The van der Waals surface area contributed by atoms with Gasteiger partial charge in [-0.2, -0.15) is 13.1 Å². The molecule has 1 N–H and O–H groups in total. The molecular formula is C24H21N5O3S2. The zero-order valence-electron chi connectivity index (χ0n) is 18.5. The lowest BCUT2D eigenvalue weighted by Crippen LogP contribution is -2.32. The van der Waals surface area contributed by atoms with E-state index in [0.717, 1.165) is 33.8 Å². The maximum atomic E-state index is 13.9. The predicted octanol–water partition coefficient (Wildman–Crippen LogP) is 3.94. The zero-order chi connectivity index (χ0) is 23.9. The van der Waals surface area contributed by atoms with Crippen molar-refractivity contribution in [1.82, 2.24) is 23.0 Å². The van der Waals surface area contributed by atoms with Gasteiger partial charge in [0.15, 0.2) is 0 Å². The lowest BCUT2D eigenvalue weighted by molar-refractivity contribution is 0.400. The summed E-state index contributed by atoms with van der Waals surface area (Å²) in [5, 5.41) is 0.849. The van der Waals surface area contributed by atoms with Gasteiger partial charge in [0.2, 0.25) is 10.0 Å². The van der Waals surface area contributed by atoms with Gasteiger partial charge in [0, 0.05) is 31.0 Å². The molecule has 172 valence electrons. The van der Waals surface area contributed by atoms with Crippen LogP contribution in [-0.4, -0.2) is 31.4 Å². The van der Waals surface area contributed by atoms with Crippen LogP contribution in [0.3, 0.4) is 0 Å². The summed E-state index contributed by atoms with van der Waals surface area (Å²) in [6.45, 7) is 3.88. The summed E-state index contributed by atoms with van der Waals surface area (Å²) in [6, 6.07) is 14.1. The highest BCUT2D eigenvalue weighted by molar-refractivity contribution is 7.89. The van der Waals surface area contributed by atoms with Crippen molar-refractivity contribution < 1.29 is 8.42 Å². The van der Waals surface area contributed by atoms with Gasteiger partial charge in [-0.25, -0.2) is 8.42 Å². The minimum Gasteiger partial charge on any atom is -0.321 e. The van der Waals surface area contributed by atoms with Gasteiger partial charge < -0.3 is 4.98 Å². The molecule has 0 amide bonds. The van der Waals surface area contributed by atoms with Gasteiger partial charge >= 0.3 is 0 Å². The molecule has 5 rings (SSSR count). The number of hydrogen-bond acceptors (Lipinski definition) is 7. The molecule has 5 aromatic rings. The number of nitrogens with zero attached hydrogens (tertiary/aromatic N) is 4. The number of fused-ring (bicyclic) bond motifs is 2. The van der Waals surface area contributed by atoms with E-state index in [4.69, 9.17) is 0 Å². The number of aromatic amines is 1. The normalized spacial score (nSPS) is 12.1. The van der Waals surface area contributed by atoms with Crippen LogP contribution in [-0.2, 0) is 23.1 Å². The van der Waals surface area contributed by atoms with Gasteiger partial charge in [-0.1, -0.05) is 24.3 Å². The Bertz CT molecular complexity index is 1680.